The fraction of sp³-hybridized carbons (Fsp3) is 0.458. The van der Waals surface area contributed by atoms with Crippen LogP contribution in [0.2, 0.25) is 0 Å². The van der Waals surface area contributed by atoms with Crippen LogP contribution in [0.25, 0.3) is 11.3 Å². The molecule has 4 rings (SSSR count). The second kappa shape index (κ2) is 11.2. The molecule has 32 heavy (non-hydrogen) atoms. The molecule has 0 spiro atoms. The Kier molecular flexibility index (Phi) is 7.82. The molecule has 3 heterocycles. The zero-order valence-electron chi connectivity index (χ0n) is 19.0. The SMILES string of the molecule is CCOCCN1C=C(NCCN2CCOCC2)Nc2cnc(-c3ccc(OC)cc3)cc21. The molecule has 172 valence electrons. The highest BCUT2D eigenvalue weighted by atomic mass is 16.5. The molecule has 1 aromatic heterocycles. The Morgan fingerprint density at radius 1 is 1.16 bits per heavy atom. The third kappa shape index (κ3) is 5.70. The van der Waals surface area contributed by atoms with Crippen molar-refractivity contribution in [3.63, 3.8) is 0 Å². The summed E-state index contributed by atoms with van der Waals surface area (Å²) in [4.78, 5) is 9.35. The van der Waals surface area contributed by atoms with E-state index in [0.717, 1.165) is 80.1 Å². The first-order valence-electron chi connectivity index (χ1n) is 11.3. The summed E-state index contributed by atoms with van der Waals surface area (Å²) >= 11 is 0. The summed E-state index contributed by atoms with van der Waals surface area (Å²) < 4.78 is 16.3. The first kappa shape index (κ1) is 22.4. The van der Waals surface area contributed by atoms with Crippen LogP contribution in [0.3, 0.4) is 0 Å². The normalized spacial score (nSPS) is 16.2. The van der Waals surface area contributed by atoms with E-state index in [1.807, 2.05) is 37.4 Å². The lowest BCUT2D eigenvalue weighted by Gasteiger charge is -2.31. The maximum Gasteiger partial charge on any atom is 0.120 e. The van der Waals surface area contributed by atoms with Crippen LogP contribution < -0.4 is 20.3 Å². The van der Waals surface area contributed by atoms with Gasteiger partial charge >= 0.3 is 0 Å². The molecule has 2 aliphatic rings. The van der Waals surface area contributed by atoms with Gasteiger partial charge in [-0.25, -0.2) is 0 Å². The Balaban J connectivity index is 1.47. The third-order valence-corrected chi connectivity index (χ3v) is 5.66. The number of ether oxygens (including phenoxy) is 3. The van der Waals surface area contributed by atoms with Gasteiger partial charge in [0, 0.05) is 51.1 Å². The van der Waals surface area contributed by atoms with E-state index in [-0.39, 0.29) is 0 Å². The van der Waals surface area contributed by atoms with E-state index in [0.29, 0.717) is 13.2 Å². The number of hydrogen-bond donors (Lipinski definition) is 2. The van der Waals surface area contributed by atoms with Crippen molar-refractivity contribution in [1.29, 1.82) is 0 Å². The molecule has 8 heteroatoms. The van der Waals surface area contributed by atoms with Crippen LogP contribution >= 0.6 is 0 Å². The number of anilines is 2. The molecule has 1 saturated heterocycles. The Bertz CT molecular complexity index is 897. The van der Waals surface area contributed by atoms with Crippen molar-refractivity contribution in [3.8, 4) is 17.0 Å². The van der Waals surface area contributed by atoms with Gasteiger partial charge < -0.3 is 29.7 Å². The largest absolute Gasteiger partial charge is 0.497 e. The predicted octanol–water partition coefficient (Wildman–Crippen LogP) is 2.75. The van der Waals surface area contributed by atoms with Crippen LogP contribution in [0.15, 0.2) is 48.5 Å². The number of nitrogens with one attached hydrogen (secondary N) is 2. The van der Waals surface area contributed by atoms with Gasteiger partial charge in [0.15, 0.2) is 0 Å². The van der Waals surface area contributed by atoms with E-state index in [9.17, 15) is 0 Å². The molecule has 0 bridgehead atoms. The lowest BCUT2D eigenvalue weighted by molar-refractivity contribution is 0.0387. The molecule has 2 aromatic rings. The maximum absolute atomic E-state index is 5.63. The van der Waals surface area contributed by atoms with E-state index in [1.165, 1.54) is 0 Å². The van der Waals surface area contributed by atoms with Crippen molar-refractivity contribution in [3.05, 3.63) is 48.5 Å². The quantitative estimate of drug-likeness (QED) is 0.548. The summed E-state index contributed by atoms with van der Waals surface area (Å²) in [6, 6.07) is 10.1. The van der Waals surface area contributed by atoms with E-state index in [1.54, 1.807) is 7.11 Å². The zero-order valence-corrected chi connectivity index (χ0v) is 19.0. The van der Waals surface area contributed by atoms with Crippen LogP contribution in [0.1, 0.15) is 6.92 Å². The lowest BCUT2D eigenvalue weighted by Crippen LogP contribution is -2.41. The van der Waals surface area contributed by atoms with E-state index in [4.69, 9.17) is 19.2 Å². The van der Waals surface area contributed by atoms with Gasteiger partial charge in [-0.15, -0.1) is 0 Å². The average Bonchev–Trinajstić information content (AvgIpc) is 2.85. The highest BCUT2D eigenvalue weighted by molar-refractivity contribution is 5.79. The van der Waals surface area contributed by atoms with E-state index in [2.05, 4.69) is 32.7 Å². The minimum absolute atomic E-state index is 0.660. The Labute approximate surface area is 190 Å². The van der Waals surface area contributed by atoms with Crippen molar-refractivity contribution < 1.29 is 14.2 Å². The number of pyridine rings is 1. The standard InChI is InChI=1S/C24H33N5O3/c1-3-31-15-12-29-18-24(25-8-9-28-10-13-32-14-11-28)27-22-17-26-21(16-23(22)29)19-4-6-20(30-2)7-5-19/h4-7,16-18,25,27H,3,8-15H2,1-2H3. The zero-order chi connectivity index (χ0) is 22.2. The minimum atomic E-state index is 0.660. The number of aromatic nitrogens is 1. The smallest absolute Gasteiger partial charge is 0.120 e. The molecule has 0 atom stereocenters. The predicted molar refractivity (Wildman–Crippen MR) is 127 cm³/mol. The summed E-state index contributed by atoms with van der Waals surface area (Å²) in [7, 11) is 1.67. The van der Waals surface area contributed by atoms with Crippen molar-refractivity contribution in [1.82, 2.24) is 15.2 Å². The van der Waals surface area contributed by atoms with E-state index >= 15 is 0 Å². The van der Waals surface area contributed by atoms with Crippen LogP contribution in [0, 0.1) is 0 Å². The molecule has 0 aliphatic carbocycles. The van der Waals surface area contributed by atoms with Gasteiger partial charge in [0.1, 0.15) is 11.6 Å². The van der Waals surface area contributed by atoms with Crippen LogP contribution in [-0.2, 0) is 9.47 Å². The highest BCUT2D eigenvalue weighted by Gasteiger charge is 2.19. The Hall–Kier alpha value is -2.81. The minimum Gasteiger partial charge on any atom is -0.497 e. The molecule has 0 unspecified atom stereocenters. The fourth-order valence-corrected chi connectivity index (χ4v) is 3.86. The highest BCUT2D eigenvalue weighted by Crippen LogP contribution is 2.34. The molecule has 0 radical (unpaired) electrons. The molecule has 2 aliphatic heterocycles. The summed E-state index contributed by atoms with van der Waals surface area (Å²) in [6.07, 6.45) is 4.03. The fourth-order valence-electron chi connectivity index (χ4n) is 3.86. The number of fused-ring (bicyclic) bond motifs is 1. The number of methoxy groups -OCH3 is 1. The van der Waals surface area contributed by atoms with Crippen LogP contribution in [0.5, 0.6) is 5.75 Å². The molecule has 0 amide bonds. The third-order valence-electron chi connectivity index (χ3n) is 5.66. The van der Waals surface area contributed by atoms with Gasteiger partial charge in [-0.2, -0.15) is 0 Å². The summed E-state index contributed by atoms with van der Waals surface area (Å²) in [6.45, 7) is 9.64. The van der Waals surface area contributed by atoms with Gasteiger partial charge in [0.05, 0.1) is 50.2 Å². The number of benzene rings is 1. The monoisotopic (exact) mass is 439 g/mol. The van der Waals surface area contributed by atoms with Gasteiger partial charge in [0.2, 0.25) is 0 Å². The Morgan fingerprint density at radius 3 is 2.72 bits per heavy atom. The van der Waals surface area contributed by atoms with Crippen molar-refractivity contribution in [2.45, 2.75) is 6.92 Å². The molecule has 0 saturated carbocycles. The molecule has 1 fully saturated rings. The number of nitrogens with zero attached hydrogens (tertiary/aromatic N) is 3. The second-order valence-electron chi connectivity index (χ2n) is 7.75. The second-order valence-corrected chi connectivity index (χ2v) is 7.75. The van der Waals surface area contributed by atoms with Gasteiger partial charge in [0.25, 0.3) is 0 Å². The Morgan fingerprint density at radius 2 is 1.97 bits per heavy atom. The van der Waals surface area contributed by atoms with Gasteiger partial charge in [-0.3, -0.25) is 9.88 Å². The van der Waals surface area contributed by atoms with Crippen molar-refractivity contribution in [2.75, 3.05) is 76.5 Å². The summed E-state index contributed by atoms with van der Waals surface area (Å²) in [5.41, 5.74) is 4.04. The molecular weight excluding hydrogens is 406 g/mol. The lowest BCUT2D eigenvalue weighted by atomic mass is 10.1. The molecule has 2 N–H and O–H groups in total. The van der Waals surface area contributed by atoms with Crippen LogP contribution in [-0.4, -0.2) is 76.1 Å². The summed E-state index contributed by atoms with van der Waals surface area (Å²) in [5, 5.41) is 7.03. The van der Waals surface area contributed by atoms with Gasteiger partial charge in [-0.05, 0) is 37.3 Å². The number of morpholine rings is 1. The molecule has 8 nitrogen and oxygen atoms in total. The molecule has 1 aromatic carbocycles. The first-order chi connectivity index (χ1) is 15.8. The average molecular weight is 440 g/mol. The van der Waals surface area contributed by atoms with Crippen molar-refractivity contribution >= 4 is 11.4 Å². The van der Waals surface area contributed by atoms with Crippen LogP contribution in [0.4, 0.5) is 11.4 Å². The topological polar surface area (TPSA) is 71.1 Å². The van der Waals surface area contributed by atoms with Crippen molar-refractivity contribution in [2.24, 2.45) is 0 Å². The number of hydrogen-bond acceptors (Lipinski definition) is 8. The molecular formula is C24H33N5O3. The maximum atomic E-state index is 5.63. The first-order valence-corrected chi connectivity index (χ1v) is 11.3. The number of rotatable bonds is 10. The summed E-state index contributed by atoms with van der Waals surface area (Å²) in [5.74, 6) is 1.81. The van der Waals surface area contributed by atoms with E-state index < -0.39 is 0 Å². The van der Waals surface area contributed by atoms with Gasteiger partial charge in [-0.1, -0.05) is 0 Å².